The number of hydrogen-bond acceptors (Lipinski definition) is 3. The van der Waals surface area contributed by atoms with Crippen LogP contribution in [0.3, 0.4) is 0 Å². The van der Waals surface area contributed by atoms with Gasteiger partial charge in [-0.15, -0.1) is 0 Å². The Balaban J connectivity index is 2.11. The van der Waals surface area contributed by atoms with Gasteiger partial charge in [0.05, 0.1) is 6.10 Å². The fraction of sp³-hybridized carbons (Fsp3) is 0.625. The molecule has 0 radical (unpaired) electrons. The van der Waals surface area contributed by atoms with Crippen LogP contribution in [0.1, 0.15) is 31.7 Å². The van der Waals surface area contributed by atoms with Crippen LogP contribution in [0.25, 0.3) is 0 Å². The highest BCUT2D eigenvalue weighted by atomic mass is 35.5. The van der Waals surface area contributed by atoms with Crippen LogP contribution in [0.5, 0.6) is 0 Å². The third-order valence-electron chi connectivity index (χ3n) is 3.74. The predicted octanol–water partition coefficient (Wildman–Crippen LogP) is 3.24. The summed E-state index contributed by atoms with van der Waals surface area (Å²) in [6.45, 7) is 5.70. The van der Waals surface area contributed by atoms with Gasteiger partial charge in [-0.1, -0.05) is 24.6 Å². The summed E-state index contributed by atoms with van der Waals surface area (Å²) in [5, 5.41) is 0.789. The average Bonchev–Trinajstić information content (AvgIpc) is 2.47. The number of nitrogens with two attached hydrogens (primary N) is 1. The number of anilines is 1. The number of rotatable bonds is 6. The van der Waals surface area contributed by atoms with Gasteiger partial charge in [0.25, 0.3) is 0 Å². The lowest BCUT2D eigenvalue weighted by Crippen LogP contribution is -2.40. The summed E-state index contributed by atoms with van der Waals surface area (Å²) < 4.78 is 5.91. The summed E-state index contributed by atoms with van der Waals surface area (Å²) >= 11 is 6.17. The van der Waals surface area contributed by atoms with Crippen molar-refractivity contribution in [2.45, 2.75) is 38.7 Å². The van der Waals surface area contributed by atoms with Crippen molar-refractivity contribution in [1.29, 1.82) is 0 Å². The van der Waals surface area contributed by atoms with Gasteiger partial charge < -0.3 is 15.4 Å². The molecule has 4 heteroatoms. The quantitative estimate of drug-likeness (QED) is 0.876. The standard InChI is InChI=1S/C16H25ClN2O/c1-2-10-20-15-4-3-9-19(12-15)16-11-14(17)6-5-13(16)7-8-18/h5-6,11,15H,2-4,7-10,12,18H2,1H3. The lowest BCUT2D eigenvalue weighted by atomic mass is 10.0. The van der Waals surface area contributed by atoms with E-state index in [1.807, 2.05) is 6.07 Å². The average molecular weight is 297 g/mol. The van der Waals surface area contributed by atoms with Crippen LogP contribution in [0.2, 0.25) is 5.02 Å². The highest BCUT2D eigenvalue weighted by Gasteiger charge is 2.22. The van der Waals surface area contributed by atoms with Gasteiger partial charge >= 0.3 is 0 Å². The molecule has 1 atom stereocenters. The van der Waals surface area contributed by atoms with Gasteiger partial charge in [-0.2, -0.15) is 0 Å². The molecule has 0 aliphatic carbocycles. The monoisotopic (exact) mass is 296 g/mol. The maximum Gasteiger partial charge on any atom is 0.0750 e. The zero-order valence-corrected chi connectivity index (χ0v) is 13.0. The molecular weight excluding hydrogens is 272 g/mol. The first-order valence-electron chi connectivity index (χ1n) is 7.59. The van der Waals surface area contributed by atoms with Gasteiger partial charge in [-0.05, 0) is 49.9 Å². The highest BCUT2D eigenvalue weighted by molar-refractivity contribution is 6.30. The summed E-state index contributed by atoms with van der Waals surface area (Å²) in [4.78, 5) is 2.40. The molecule has 0 amide bonds. The molecule has 0 saturated carbocycles. The molecule has 1 heterocycles. The predicted molar refractivity (Wildman–Crippen MR) is 85.7 cm³/mol. The van der Waals surface area contributed by atoms with Crippen LogP contribution >= 0.6 is 11.6 Å². The molecule has 1 saturated heterocycles. The topological polar surface area (TPSA) is 38.5 Å². The van der Waals surface area contributed by atoms with Crippen molar-refractivity contribution in [3.8, 4) is 0 Å². The van der Waals surface area contributed by atoms with Gasteiger partial charge in [0.15, 0.2) is 0 Å². The van der Waals surface area contributed by atoms with E-state index in [1.54, 1.807) is 0 Å². The Morgan fingerprint density at radius 3 is 3.05 bits per heavy atom. The Morgan fingerprint density at radius 1 is 1.45 bits per heavy atom. The molecule has 112 valence electrons. The minimum atomic E-state index is 0.341. The summed E-state index contributed by atoms with van der Waals surface area (Å²) in [6.07, 6.45) is 4.63. The Hall–Kier alpha value is -0.770. The van der Waals surface area contributed by atoms with Crippen molar-refractivity contribution in [3.05, 3.63) is 28.8 Å². The van der Waals surface area contributed by atoms with E-state index < -0.39 is 0 Å². The number of hydrogen-bond donors (Lipinski definition) is 1. The van der Waals surface area contributed by atoms with Crippen LogP contribution in [-0.4, -0.2) is 32.3 Å². The number of piperidine rings is 1. The Kier molecular flexibility index (Phi) is 6.14. The molecule has 1 fully saturated rings. The van der Waals surface area contributed by atoms with E-state index in [4.69, 9.17) is 22.1 Å². The first-order valence-corrected chi connectivity index (χ1v) is 7.97. The molecule has 1 aliphatic rings. The fourth-order valence-corrected chi connectivity index (χ4v) is 2.94. The number of halogens is 1. The SMILES string of the molecule is CCCOC1CCCN(c2cc(Cl)ccc2CCN)C1. The molecular formula is C16H25ClN2O. The van der Waals surface area contributed by atoms with E-state index >= 15 is 0 Å². The Labute approximate surface area is 127 Å². The smallest absolute Gasteiger partial charge is 0.0750 e. The number of benzene rings is 1. The second kappa shape index (κ2) is 7.87. The van der Waals surface area contributed by atoms with Crippen molar-refractivity contribution in [3.63, 3.8) is 0 Å². The minimum absolute atomic E-state index is 0.341. The Morgan fingerprint density at radius 2 is 2.30 bits per heavy atom. The second-order valence-corrected chi connectivity index (χ2v) is 5.83. The molecule has 0 aromatic heterocycles. The lowest BCUT2D eigenvalue weighted by Gasteiger charge is -2.35. The van der Waals surface area contributed by atoms with Crippen molar-refractivity contribution in [2.75, 3.05) is 31.1 Å². The zero-order valence-electron chi connectivity index (χ0n) is 12.3. The molecule has 3 nitrogen and oxygen atoms in total. The van der Waals surface area contributed by atoms with Gasteiger partial charge in [-0.25, -0.2) is 0 Å². The van der Waals surface area contributed by atoms with E-state index in [2.05, 4.69) is 24.0 Å². The van der Waals surface area contributed by atoms with E-state index in [-0.39, 0.29) is 0 Å². The number of nitrogens with zero attached hydrogens (tertiary/aromatic N) is 1. The third-order valence-corrected chi connectivity index (χ3v) is 3.97. The van der Waals surface area contributed by atoms with Gasteiger partial charge in [0.2, 0.25) is 0 Å². The van der Waals surface area contributed by atoms with Crippen LogP contribution < -0.4 is 10.6 Å². The van der Waals surface area contributed by atoms with Crippen LogP contribution in [0.15, 0.2) is 18.2 Å². The maximum atomic E-state index is 6.17. The summed E-state index contributed by atoms with van der Waals surface area (Å²) in [5.74, 6) is 0. The maximum absolute atomic E-state index is 6.17. The first-order chi connectivity index (χ1) is 9.74. The molecule has 1 aromatic carbocycles. The van der Waals surface area contributed by atoms with E-state index in [0.29, 0.717) is 12.6 Å². The lowest BCUT2D eigenvalue weighted by molar-refractivity contribution is 0.0440. The molecule has 2 N–H and O–H groups in total. The van der Waals surface area contributed by atoms with Gasteiger partial charge in [0.1, 0.15) is 0 Å². The van der Waals surface area contributed by atoms with Crippen LogP contribution in [0, 0.1) is 0 Å². The van der Waals surface area contributed by atoms with Crippen LogP contribution in [0.4, 0.5) is 5.69 Å². The van der Waals surface area contributed by atoms with Crippen molar-refractivity contribution < 1.29 is 4.74 Å². The molecule has 0 spiro atoms. The molecule has 2 rings (SSSR count). The largest absolute Gasteiger partial charge is 0.376 e. The van der Waals surface area contributed by atoms with Crippen LogP contribution in [-0.2, 0) is 11.2 Å². The third kappa shape index (κ3) is 4.11. The molecule has 1 aliphatic heterocycles. The molecule has 20 heavy (non-hydrogen) atoms. The second-order valence-electron chi connectivity index (χ2n) is 5.39. The van der Waals surface area contributed by atoms with E-state index in [9.17, 15) is 0 Å². The molecule has 1 aromatic rings. The number of ether oxygens (including phenoxy) is 1. The summed E-state index contributed by atoms with van der Waals surface area (Å²) in [5.41, 5.74) is 8.23. The first kappa shape index (κ1) is 15.6. The molecule has 0 bridgehead atoms. The fourth-order valence-electron chi connectivity index (χ4n) is 2.78. The molecule has 1 unspecified atom stereocenters. The zero-order chi connectivity index (χ0) is 14.4. The van der Waals surface area contributed by atoms with Crippen molar-refractivity contribution in [2.24, 2.45) is 5.73 Å². The van der Waals surface area contributed by atoms with Gasteiger partial charge in [-0.3, -0.25) is 0 Å². The van der Waals surface area contributed by atoms with Crippen molar-refractivity contribution >= 4 is 17.3 Å². The summed E-state index contributed by atoms with van der Waals surface area (Å²) in [6, 6.07) is 6.11. The van der Waals surface area contributed by atoms with Gasteiger partial charge in [0, 0.05) is 30.4 Å². The summed E-state index contributed by atoms with van der Waals surface area (Å²) in [7, 11) is 0. The normalized spacial score (nSPS) is 19.4. The van der Waals surface area contributed by atoms with E-state index in [1.165, 1.54) is 17.7 Å². The minimum Gasteiger partial charge on any atom is -0.376 e. The highest BCUT2D eigenvalue weighted by Crippen LogP contribution is 2.28. The van der Waals surface area contributed by atoms with E-state index in [0.717, 1.165) is 44.0 Å². The Bertz CT molecular complexity index is 425. The van der Waals surface area contributed by atoms with Crippen molar-refractivity contribution in [1.82, 2.24) is 0 Å².